The van der Waals surface area contributed by atoms with Crippen LogP contribution >= 0.6 is 0 Å². The second-order valence-corrected chi connectivity index (χ2v) is 4.79. The highest BCUT2D eigenvalue weighted by molar-refractivity contribution is 5.10. The van der Waals surface area contributed by atoms with Crippen molar-refractivity contribution in [1.82, 2.24) is 0 Å². The lowest BCUT2D eigenvalue weighted by molar-refractivity contribution is 0.196. The summed E-state index contributed by atoms with van der Waals surface area (Å²) in [5.41, 5.74) is 0.425. The molecule has 0 bridgehead atoms. The molecule has 0 N–H and O–H groups in total. The molecule has 0 amide bonds. The molecule has 0 radical (unpaired) electrons. The Morgan fingerprint density at radius 1 is 0.917 bits per heavy atom. The van der Waals surface area contributed by atoms with Crippen LogP contribution in [0.4, 0.5) is 0 Å². The summed E-state index contributed by atoms with van der Waals surface area (Å²) in [6.07, 6.45) is 12.1. The largest absolute Gasteiger partial charge is 0.366 e. The van der Waals surface area contributed by atoms with Gasteiger partial charge in [0.15, 0.2) is 0 Å². The van der Waals surface area contributed by atoms with Gasteiger partial charge in [-0.25, -0.2) is 0 Å². The van der Waals surface area contributed by atoms with Crippen LogP contribution in [0.3, 0.4) is 0 Å². The Morgan fingerprint density at radius 2 is 1.83 bits per heavy atom. The molecule has 1 aliphatic heterocycles. The molecule has 3 atom stereocenters. The summed E-state index contributed by atoms with van der Waals surface area (Å²) in [6.45, 7) is 0. The zero-order valence-corrected chi connectivity index (χ0v) is 7.72. The van der Waals surface area contributed by atoms with Crippen LogP contribution in [-0.4, -0.2) is 11.7 Å². The van der Waals surface area contributed by atoms with E-state index in [1.807, 2.05) is 0 Å². The molecule has 1 saturated heterocycles. The molecular formula is C11H18O. The summed E-state index contributed by atoms with van der Waals surface area (Å²) in [4.78, 5) is 0. The molecule has 3 rings (SSSR count). The molecule has 68 valence electrons. The van der Waals surface area contributed by atoms with Crippen LogP contribution in [0.5, 0.6) is 0 Å². The summed E-state index contributed by atoms with van der Waals surface area (Å²) in [5.74, 6) is 0.943. The van der Waals surface area contributed by atoms with Crippen molar-refractivity contribution < 1.29 is 4.74 Å². The Labute approximate surface area is 74.5 Å². The summed E-state index contributed by atoms with van der Waals surface area (Å²) < 4.78 is 5.95. The number of hydrogen-bond donors (Lipinski definition) is 0. The van der Waals surface area contributed by atoms with Crippen LogP contribution in [0.1, 0.15) is 51.4 Å². The molecule has 3 fully saturated rings. The van der Waals surface area contributed by atoms with Gasteiger partial charge >= 0.3 is 0 Å². The molecule has 1 heteroatoms. The maximum atomic E-state index is 5.95. The van der Waals surface area contributed by atoms with E-state index in [0.29, 0.717) is 11.7 Å². The minimum atomic E-state index is 0.425. The SMILES string of the molecule is C1CC[C@H]2CCC[C@@H]3O[C@]23CC1. The van der Waals surface area contributed by atoms with Gasteiger partial charge < -0.3 is 4.74 Å². The first-order valence-corrected chi connectivity index (χ1v) is 5.60. The van der Waals surface area contributed by atoms with Crippen molar-refractivity contribution >= 4 is 0 Å². The van der Waals surface area contributed by atoms with Gasteiger partial charge in [-0.15, -0.1) is 0 Å². The van der Waals surface area contributed by atoms with Crippen molar-refractivity contribution in [2.24, 2.45) is 5.92 Å². The van der Waals surface area contributed by atoms with Gasteiger partial charge in [-0.2, -0.15) is 0 Å². The van der Waals surface area contributed by atoms with Crippen molar-refractivity contribution in [2.45, 2.75) is 63.1 Å². The van der Waals surface area contributed by atoms with Gasteiger partial charge in [-0.05, 0) is 31.6 Å². The first-order chi connectivity index (χ1) is 5.92. The molecule has 0 aromatic carbocycles. The van der Waals surface area contributed by atoms with Crippen molar-refractivity contribution in [3.8, 4) is 0 Å². The van der Waals surface area contributed by atoms with Crippen LogP contribution in [-0.2, 0) is 4.74 Å². The normalized spacial score (nSPS) is 52.0. The average Bonchev–Trinajstić information content (AvgIpc) is 2.79. The molecule has 1 heterocycles. The van der Waals surface area contributed by atoms with Gasteiger partial charge in [0.2, 0.25) is 0 Å². The fourth-order valence-corrected chi connectivity index (χ4v) is 3.47. The second kappa shape index (κ2) is 2.47. The number of ether oxygens (including phenoxy) is 1. The van der Waals surface area contributed by atoms with Crippen LogP contribution < -0.4 is 0 Å². The minimum Gasteiger partial charge on any atom is -0.366 e. The summed E-state index contributed by atoms with van der Waals surface area (Å²) >= 11 is 0. The molecule has 1 nitrogen and oxygen atoms in total. The van der Waals surface area contributed by atoms with Gasteiger partial charge in [-0.3, -0.25) is 0 Å². The Bertz CT molecular complexity index is 189. The molecule has 0 unspecified atom stereocenters. The lowest BCUT2D eigenvalue weighted by Gasteiger charge is -2.25. The molecule has 2 aliphatic carbocycles. The van der Waals surface area contributed by atoms with Gasteiger partial charge in [-0.1, -0.05) is 25.7 Å². The van der Waals surface area contributed by atoms with Gasteiger partial charge in [0.05, 0.1) is 11.7 Å². The third-order valence-corrected chi connectivity index (χ3v) is 4.18. The van der Waals surface area contributed by atoms with Crippen molar-refractivity contribution in [3.63, 3.8) is 0 Å². The lowest BCUT2D eigenvalue weighted by Crippen LogP contribution is -2.29. The zero-order valence-electron chi connectivity index (χ0n) is 7.72. The van der Waals surface area contributed by atoms with Crippen molar-refractivity contribution in [1.29, 1.82) is 0 Å². The average molecular weight is 166 g/mol. The van der Waals surface area contributed by atoms with Crippen molar-refractivity contribution in [3.05, 3.63) is 0 Å². The molecule has 1 spiro atoms. The first kappa shape index (κ1) is 7.37. The van der Waals surface area contributed by atoms with Crippen molar-refractivity contribution in [2.75, 3.05) is 0 Å². The zero-order chi connectivity index (χ0) is 8.02. The van der Waals surface area contributed by atoms with E-state index in [4.69, 9.17) is 4.74 Å². The Kier molecular flexibility index (Phi) is 1.52. The lowest BCUT2D eigenvalue weighted by atomic mass is 9.76. The van der Waals surface area contributed by atoms with Gasteiger partial charge in [0, 0.05) is 0 Å². The quantitative estimate of drug-likeness (QED) is 0.504. The van der Waals surface area contributed by atoms with E-state index in [9.17, 15) is 0 Å². The maximum Gasteiger partial charge on any atom is 0.0976 e. The summed E-state index contributed by atoms with van der Waals surface area (Å²) in [6, 6.07) is 0. The highest BCUT2D eigenvalue weighted by atomic mass is 16.6. The Morgan fingerprint density at radius 3 is 2.83 bits per heavy atom. The fourth-order valence-electron chi connectivity index (χ4n) is 3.47. The van der Waals surface area contributed by atoms with Crippen LogP contribution in [0.25, 0.3) is 0 Å². The van der Waals surface area contributed by atoms with E-state index in [2.05, 4.69) is 0 Å². The maximum absolute atomic E-state index is 5.95. The van der Waals surface area contributed by atoms with E-state index in [1.54, 1.807) is 0 Å². The molecule has 12 heavy (non-hydrogen) atoms. The molecule has 0 aromatic heterocycles. The fraction of sp³-hybridized carbons (Fsp3) is 1.00. The summed E-state index contributed by atoms with van der Waals surface area (Å²) in [7, 11) is 0. The third kappa shape index (κ3) is 0.891. The predicted octanol–water partition coefficient (Wildman–Crippen LogP) is 2.89. The summed E-state index contributed by atoms with van der Waals surface area (Å²) in [5, 5.41) is 0. The van der Waals surface area contributed by atoms with Gasteiger partial charge in [0.1, 0.15) is 0 Å². The topological polar surface area (TPSA) is 12.5 Å². The van der Waals surface area contributed by atoms with E-state index in [1.165, 1.54) is 51.4 Å². The Balaban J connectivity index is 1.82. The highest BCUT2D eigenvalue weighted by Crippen LogP contribution is 2.56. The van der Waals surface area contributed by atoms with Crippen LogP contribution in [0.2, 0.25) is 0 Å². The highest BCUT2D eigenvalue weighted by Gasteiger charge is 2.61. The first-order valence-electron chi connectivity index (χ1n) is 5.60. The number of rotatable bonds is 0. The number of epoxide rings is 1. The third-order valence-electron chi connectivity index (χ3n) is 4.18. The number of hydrogen-bond acceptors (Lipinski definition) is 1. The second-order valence-electron chi connectivity index (χ2n) is 4.79. The van der Waals surface area contributed by atoms with E-state index >= 15 is 0 Å². The van der Waals surface area contributed by atoms with Gasteiger partial charge in [0.25, 0.3) is 0 Å². The Hall–Kier alpha value is -0.0400. The van der Waals surface area contributed by atoms with E-state index in [-0.39, 0.29) is 0 Å². The van der Waals surface area contributed by atoms with E-state index < -0.39 is 0 Å². The van der Waals surface area contributed by atoms with Crippen LogP contribution in [0, 0.1) is 5.92 Å². The van der Waals surface area contributed by atoms with E-state index in [0.717, 1.165) is 5.92 Å². The predicted molar refractivity (Wildman–Crippen MR) is 48.0 cm³/mol. The monoisotopic (exact) mass is 166 g/mol. The van der Waals surface area contributed by atoms with Crippen LogP contribution in [0.15, 0.2) is 0 Å². The molecule has 3 aliphatic rings. The molecule has 0 aromatic rings. The minimum absolute atomic E-state index is 0.425. The standard InChI is InChI=1S/C11H18O/c1-2-5-9-6-4-7-10-11(9,12-10)8-3-1/h9-10H,1-8H2/t9-,10-,11+/m0/s1. The smallest absolute Gasteiger partial charge is 0.0976 e. The molecule has 2 saturated carbocycles. The molecular weight excluding hydrogens is 148 g/mol.